The summed E-state index contributed by atoms with van der Waals surface area (Å²) < 4.78 is 2.20. The average molecular weight is 317 g/mol. The van der Waals surface area contributed by atoms with Gasteiger partial charge < -0.3 is 5.73 Å². The van der Waals surface area contributed by atoms with E-state index in [1.807, 2.05) is 6.07 Å². The molecule has 2 heterocycles. The Morgan fingerprint density at radius 1 is 1.16 bits per heavy atom. The lowest BCUT2D eigenvalue weighted by Crippen LogP contribution is -2.23. The first-order valence-electron chi connectivity index (χ1n) is 5.55. The highest BCUT2D eigenvalue weighted by Crippen LogP contribution is 2.18. The van der Waals surface area contributed by atoms with Crippen LogP contribution in [-0.2, 0) is 0 Å². The first-order chi connectivity index (χ1) is 9.16. The normalized spacial score (nSPS) is 10.8. The van der Waals surface area contributed by atoms with Gasteiger partial charge in [-0.25, -0.2) is 9.55 Å². The van der Waals surface area contributed by atoms with E-state index in [0.717, 1.165) is 4.47 Å². The largest absolute Gasteiger partial charge is 0.369 e. The van der Waals surface area contributed by atoms with Gasteiger partial charge in [0, 0.05) is 16.9 Å². The molecule has 94 valence electrons. The van der Waals surface area contributed by atoms with Crippen LogP contribution in [-0.4, -0.2) is 14.5 Å². The van der Waals surface area contributed by atoms with E-state index in [0.29, 0.717) is 16.6 Å². The molecule has 3 rings (SSSR count). The van der Waals surface area contributed by atoms with Crippen molar-refractivity contribution < 1.29 is 0 Å². The van der Waals surface area contributed by atoms with E-state index in [9.17, 15) is 4.79 Å². The number of hydrogen-bond donors (Lipinski definition) is 1. The summed E-state index contributed by atoms with van der Waals surface area (Å²) in [4.78, 5) is 20.7. The van der Waals surface area contributed by atoms with Gasteiger partial charge in [-0.3, -0.25) is 9.78 Å². The van der Waals surface area contributed by atoms with Crippen molar-refractivity contribution in [1.82, 2.24) is 14.5 Å². The molecule has 0 bridgehead atoms. The molecular formula is C13H9BrN4O. The summed E-state index contributed by atoms with van der Waals surface area (Å²) >= 11 is 3.35. The molecule has 2 N–H and O–H groups in total. The van der Waals surface area contributed by atoms with Gasteiger partial charge in [-0.1, -0.05) is 15.9 Å². The highest BCUT2D eigenvalue weighted by Gasteiger charge is 2.10. The molecule has 6 heteroatoms. The van der Waals surface area contributed by atoms with Crippen molar-refractivity contribution in [3.63, 3.8) is 0 Å². The molecule has 0 aliphatic rings. The molecule has 5 nitrogen and oxygen atoms in total. The summed E-state index contributed by atoms with van der Waals surface area (Å²) in [6.45, 7) is 0. The highest BCUT2D eigenvalue weighted by atomic mass is 79.9. The molecule has 0 aliphatic carbocycles. The van der Waals surface area contributed by atoms with Gasteiger partial charge in [-0.05, 0) is 30.3 Å². The van der Waals surface area contributed by atoms with Crippen molar-refractivity contribution in [3.05, 3.63) is 57.6 Å². The maximum Gasteiger partial charge on any atom is 0.267 e. The fraction of sp³-hybridized carbons (Fsp3) is 0. The van der Waals surface area contributed by atoms with E-state index in [4.69, 9.17) is 5.73 Å². The lowest BCUT2D eigenvalue weighted by molar-refractivity contribution is 0.977. The summed E-state index contributed by atoms with van der Waals surface area (Å²) in [5.41, 5.74) is 6.90. The minimum atomic E-state index is -0.199. The second-order valence-corrected chi connectivity index (χ2v) is 4.89. The number of aromatic nitrogens is 3. The molecule has 0 fully saturated rings. The molecular weight excluding hydrogens is 308 g/mol. The first kappa shape index (κ1) is 11.9. The van der Waals surface area contributed by atoms with E-state index in [2.05, 4.69) is 25.9 Å². The average Bonchev–Trinajstić information content (AvgIpc) is 2.41. The number of halogens is 1. The molecule has 0 saturated carbocycles. The Morgan fingerprint density at radius 2 is 1.89 bits per heavy atom. The van der Waals surface area contributed by atoms with E-state index < -0.39 is 0 Å². The van der Waals surface area contributed by atoms with Crippen LogP contribution in [0.5, 0.6) is 0 Å². The van der Waals surface area contributed by atoms with Crippen molar-refractivity contribution in [3.8, 4) is 5.69 Å². The predicted octanol–water partition coefficient (Wildman–Crippen LogP) is 2.13. The Labute approximate surface area is 116 Å². The minimum absolute atomic E-state index is 0.158. The Kier molecular flexibility index (Phi) is 2.79. The highest BCUT2D eigenvalue weighted by molar-refractivity contribution is 9.10. The molecule has 0 aliphatic heterocycles. The number of nitrogens with two attached hydrogens (primary N) is 1. The maximum absolute atomic E-state index is 12.5. The monoisotopic (exact) mass is 316 g/mol. The molecule has 2 aromatic heterocycles. The van der Waals surface area contributed by atoms with Crippen molar-refractivity contribution in [1.29, 1.82) is 0 Å². The van der Waals surface area contributed by atoms with Crippen molar-refractivity contribution >= 4 is 32.8 Å². The molecule has 19 heavy (non-hydrogen) atoms. The predicted molar refractivity (Wildman–Crippen MR) is 77.2 cm³/mol. The number of hydrogen-bond acceptors (Lipinski definition) is 4. The summed E-state index contributed by atoms with van der Waals surface area (Å²) in [6.07, 6.45) is 3.21. The van der Waals surface area contributed by atoms with E-state index in [1.165, 1.54) is 4.57 Å². The Hall–Kier alpha value is -2.21. The van der Waals surface area contributed by atoms with Crippen LogP contribution in [0.15, 0.2) is 52.0 Å². The van der Waals surface area contributed by atoms with Gasteiger partial charge in [0.25, 0.3) is 5.56 Å². The summed E-state index contributed by atoms with van der Waals surface area (Å²) in [6, 6.07) is 8.74. The van der Waals surface area contributed by atoms with Gasteiger partial charge in [0.15, 0.2) is 0 Å². The van der Waals surface area contributed by atoms with Crippen LogP contribution in [0, 0.1) is 0 Å². The van der Waals surface area contributed by atoms with E-state index >= 15 is 0 Å². The zero-order chi connectivity index (χ0) is 13.4. The first-order valence-corrected chi connectivity index (χ1v) is 6.34. The van der Waals surface area contributed by atoms with Crippen molar-refractivity contribution in [2.75, 3.05) is 5.73 Å². The number of nitrogens with zero attached hydrogens (tertiary/aromatic N) is 3. The van der Waals surface area contributed by atoms with Gasteiger partial charge in [0.1, 0.15) is 0 Å². The number of benzene rings is 1. The van der Waals surface area contributed by atoms with Crippen LogP contribution in [0.4, 0.5) is 5.95 Å². The minimum Gasteiger partial charge on any atom is -0.369 e. The van der Waals surface area contributed by atoms with Crippen LogP contribution < -0.4 is 11.3 Å². The van der Waals surface area contributed by atoms with Crippen LogP contribution in [0.1, 0.15) is 0 Å². The van der Waals surface area contributed by atoms with Crippen LogP contribution in [0.25, 0.3) is 16.6 Å². The Bertz CT molecular complexity index is 814. The third kappa shape index (κ3) is 2.00. The fourth-order valence-electron chi connectivity index (χ4n) is 1.92. The molecule has 0 unspecified atom stereocenters. The van der Waals surface area contributed by atoms with Crippen molar-refractivity contribution in [2.45, 2.75) is 0 Å². The third-order valence-corrected chi connectivity index (χ3v) is 3.27. The van der Waals surface area contributed by atoms with Gasteiger partial charge in [-0.15, -0.1) is 0 Å². The summed E-state index contributed by atoms with van der Waals surface area (Å²) in [5.74, 6) is 0.158. The Morgan fingerprint density at radius 3 is 2.63 bits per heavy atom. The van der Waals surface area contributed by atoms with Crippen LogP contribution in [0.3, 0.4) is 0 Å². The second kappa shape index (κ2) is 4.47. The van der Waals surface area contributed by atoms with Gasteiger partial charge in [0.05, 0.1) is 16.6 Å². The summed E-state index contributed by atoms with van der Waals surface area (Å²) in [7, 11) is 0. The second-order valence-electron chi connectivity index (χ2n) is 3.98. The number of fused-ring (bicyclic) bond motifs is 1. The van der Waals surface area contributed by atoms with Gasteiger partial charge in [-0.2, -0.15) is 0 Å². The fourth-order valence-corrected chi connectivity index (χ4v) is 2.28. The molecule has 0 atom stereocenters. The number of nitrogen functional groups attached to an aromatic ring is 1. The number of rotatable bonds is 1. The molecule has 0 amide bonds. The zero-order valence-corrected chi connectivity index (χ0v) is 11.3. The lowest BCUT2D eigenvalue weighted by atomic mass is 10.2. The van der Waals surface area contributed by atoms with Crippen LogP contribution >= 0.6 is 15.9 Å². The van der Waals surface area contributed by atoms with Gasteiger partial charge >= 0.3 is 0 Å². The topological polar surface area (TPSA) is 73.8 Å². The smallest absolute Gasteiger partial charge is 0.267 e. The SMILES string of the molecule is Nc1nc2ccc(Br)cc2c(=O)n1-c1ccncc1. The molecule has 0 saturated heterocycles. The van der Waals surface area contributed by atoms with Crippen LogP contribution in [0.2, 0.25) is 0 Å². The quantitative estimate of drug-likeness (QED) is 0.746. The molecule has 0 spiro atoms. The number of pyridine rings is 1. The Balaban J connectivity index is 2.41. The number of anilines is 1. The molecule has 3 aromatic rings. The lowest BCUT2D eigenvalue weighted by Gasteiger charge is -2.09. The van der Waals surface area contributed by atoms with E-state index in [1.54, 1.807) is 36.7 Å². The molecule has 0 radical (unpaired) electrons. The third-order valence-electron chi connectivity index (χ3n) is 2.78. The standard InChI is InChI=1S/C13H9BrN4O/c14-8-1-2-11-10(7-8)12(19)18(13(15)17-11)9-3-5-16-6-4-9/h1-7H,(H2,15,17). The van der Waals surface area contributed by atoms with Crippen molar-refractivity contribution in [2.24, 2.45) is 0 Å². The van der Waals surface area contributed by atoms with E-state index in [-0.39, 0.29) is 11.5 Å². The van der Waals surface area contributed by atoms with Gasteiger partial charge in [0.2, 0.25) is 5.95 Å². The molecule has 1 aromatic carbocycles. The summed E-state index contributed by atoms with van der Waals surface area (Å²) in [5, 5.41) is 0.514. The zero-order valence-electron chi connectivity index (χ0n) is 9.75. The maximum atomic E-state index is 12.5.